The van der Waals surface area contributed by atoms with E-state index in [4.69, 9.17) is 14.2 Å². The Bertz CT molecular complexity index is 330. The van der Waals surface area contributed by atoms with Crippen LogP contribution in [0.2, 0.25) is 0 Å². The van der Waals surface area contributed by atoms with Gasteiger partial charge in [-0.2, -0.15) is 0 Å². The Labute approximate surface area is 164 Å². The molecular weight excluding hydrogens is 421 g/mol. The molecule has 1 aliphatic rings. The summed E-state index contributed by atoms with van der Waals surface area (Å²) in [6, 6.07) is 0. The first-order chi connectivity index (χ1) is 11.2. The summed E-state index contributed by atoms with van der Waals surface area (Å²) in [6.45, 7) is 11.1. The quantitative estimate of drug-likeness (QED) is 0.223. The highest BCUT2D eigenvalue weighted by atomic mass is 127. The van der Waals surface area contributed by atoms with Crippen molar-refractivity contribution in [3.63, 3.8) is 0 Å². The highest BCUT2D eigenvalue weighted by Crippen LogP contribution is 2.16. The number of nitrogens with one attached hydrogen (secondary N) is 1. The van der Waals surface area contributed by atoms with Gasteiger partial charge in [-0.1, -0.05) is 13.8 Å². The monoisotopic (exact) mass is 457 g/mol. The van der Waals surface area contributed by atoms with E-state index in [-0.39, 0.29) is 24.0 Å². The molecule has 7 heteroatoms. The number of aliphatic imine (C=N–C) groups is 1. The van der Waals surface area contributed by atoms with E-state index in [1.54, 1.807) is 7.11 Å². The van der Waals surface area contributed by atoms with Crippen LogP contribution < -0.4 is 5.32 Å². The molecule has 6 nitrogen and oxygen atoms in total. The van der Waals surface area contributed by atoms with Gasteiger partial charge >= 0.3 is 0 Å². The Morgan fingerprint density at radius 3 is 2.71 bits per heavy atom. The van der Waals surface area contributed by atoms with E-state index < -0.39 is 0 Å². The van der Waals surface area contributed by atoms with Crippen molar-refractivity contribution in [2.75, 3.05) is 66.8 Å². The van der Waals surface area contributed by atoms with Crippen LogP contribution in [0.4, 0.5) is 0 Å². The van der Waals surface area contributed by atoms with Gasteiger partial charge in [0.15, 0.2) is 5.96 Å². The Kier molecular flexibility index (Phi) is 15.1. The number of likely N-dealkylation sites (tertiary alicyclic amines) is 1. The average molecular weight is 457 g/mol. The van der Waals surface area contributed by atoms with E-state index in [1.807, 2.05) is 7.05 Å². The van der Waals surface area contributed by atoms with Crippen molar-refractivity contribution in [1.82, 2.24) is 10.2 Å². The summed E-state index contributed by atoms with van der Waals surface area (Å²) in [7, 11) is 3.55. The Balaban J connectivity index is 0.00000529. The molecule has 0 aromatic heterocycles. The molecule has 0 amide bonds. The minimum absolute atomic E-state index is 0. The van der Waals surface area contributed by atoms with Crippen molar-refractivity contribution in [2.45, 2.75) is 26.7 Å². The molecule has 0 radical (unpaired) electrons. The molecule has 1 aliphatic heterocycles. The van der Waals surface area contributed by atoms with Crippen molar-refractivity contribution in [3.05, 3.63) is 0 Å². The van der Waals surface area contributed by atoms with Crippen LogP contribution >= 0.6 is 24.0 Å². The minimum atomic E-state index is 0. The average Bonchev–Trinajstić information content (AvgIpc) is 2.99. The zero-order valence-electron chi connectivity index (χ0n) is 15.8. The molecule has 0 saturated carbocycles. The zero-order valence-corrected chi connectivity index (χ0v) is 18.1. The standard InChI is InChI=1S/C17H35N3O3.HI/c1-15(2)13-22-9-5-7-19-17(18-3)20-8-6-16(12-20)14-23-11-10-21-4;/h15-16H,5-14H2,1-4H3,(H,18,19);1H. The molecule has 0 aliphatic carbocycles. The molecule has 0 aromatic carbocycles. The van der Waals surface area contributed by atoms with E-state index in [9.17, 15) is 0 Å². The summed E-state index contributed by atoms with van der Waals surface area (Å²) in [5, 5.41) is 3.43. The summed E-state index contributed by atoms with van der Waals surface area (Å²) in [6.07, 6.45) is 2.16. The Morgan fingerprint density at radius 1 is 1.25 bits per heavy atom. The second kappa shape index (κ2) is 15.2. The lowest BCUT2D eigenvalue weighted by molar-refractivity contribution is 0.0536. The van der Waals surface area contributed by atoms with Gasteiger partial charge in [-0.15, -0.1) is 24.0 Å². The lowest BCUT2D eigenvalue weighted by Crippen LogP contribution is -2.40. The molecule has 24 heavy (non-hydrogen) atoms. The van der Waals surface area contributed by atoms with E-state index in [0.717, 1.165) is 58.3 Å². The largest absolute Gasteiger partial charge is 0.382 e. The van der Waals surface area contributed by atoms with Gasteiger partial charge in [-0.25, -0.2) is 0 Å². The van der Waals surface area contributed by atoms with Gasteiger partial charge in [0.25, 0.3) is 0 Å². The number of rotatable bonds is 11. The third kappa shape index (κ3) is 10.7. The highest BCUT2D eigenvalue weighted by Gasteiger charge is 2.24. The van der Waals surface area contributed by atoms with E-state index >= 15 is 0 Å². The molecule has 144 valence electrons. The molecular formula is C17H36IN3O3. The van der Waals surface area contributed by atoms with E-state index in [2.05, 4.69) is 29.1 Å². The molecule has 0 bridgehead atoms. The van der Waals surface area contributed by atoms with Crippen LogP contribution in [0.25, 0.3) is 0 Å². The van der Waals surface area contributed by atoms with Crippen LogP contribution in [-0.4, -0.2) is 77.7 Å². The topological polar surface area (TPSA) is 55.3 Å². The number of nitrogens with zero attached hydrogens (tertiary/aromatic N) is 2. The fourth-order valence-corrected chi connectivity index (χ4v) is 2.58. The number of methoxy groups -OCH3 is 1. The fraction of sp³-hybridized carbons (Fsp3) is 0.941. The SMILES string of the molecule is CN=C(NCCCOCC(C)C)N1CCC(COCCOC)C1.I. The van der Waals surface area contributed by atoms with Crippen LogP contribution in [0, 0.1) is 11.8 Å². The smallest absolute Gasteiger partial charge is 0.193 e. The predicted octanol–water partition coefficient (Wildman–Crippen LogP) is 2.23. The minimum Gasteiger partial charge on any atom is -0.382 e. The van der Waals surface area contributed by atoms with Crippen molar-refractivity contribution in [1.29, 1.82) is 0 Å². The summed E-state index contributed by atoms with van der Waals surface area (Å²) in [4.78, 5) is 6.71. The molecule has 1 unspecified atom stereocenters. The first kappa shape index (κ1) is 23.9. The van der Waals surface area contributed by atoms with Crippen LogP contribution in [0.15, 0.2) is 4.99 Å². The van der Waals surface area contributed by atoms with Gasteiger partial charge in [0, 0.05) is 52.9 Å². The maximum absolute atomic E-state index is 5.64. The van der Waals surface area contributed by atoms with Gasteiger partial charge in [0.1, 0.15) is 0 Å². The third-order valence-corrected chi connectivity index (χ3v) is 3.78. The maximum atomic E-state index is 5.64. The maximum Gasteiger partial charge on any atom is 0.193 e. The molecule has 1 N–H and O–H groups in total. The van der Waals surface area contributed by atoms with Crippen LogP contribution in [-0.2, 0) is 14.2 Å². The number of halogens is 1. The van der Waals surface area contributed by atoms with Gasteiger partial charge in [0.2, 0.25) is 0 Å². The normalized spacial score (nSPS) is 18.1. The van der Waals surface area contributed by atoms with E-state index in [1.165, 1.54) is 0 Å². The molecule has 1 saturated heterocycles. The van der Waals surface area contributed by atoms with Gasteiger partial charge in [-0.3, -0.25) is 4.99 Å². The molecule has 0 aromatic rings. The van der Waals surface area contributed by atoms with Crippen LogP contribution in [0.3, 0.4) is 0 Å². The number of guanidine groups is 1. The van der Waals surface area contributed by atoms with Crippen molar-refractivity contribution >= 4 is 29.9 Å². The third-order valence-electron chi connectivity index (χ3n) is 3.78. The summed E-state index contributed by atoms with van der Waals surface area (Å²) in [5.74, 6) is 2.18. The fourth-order valence-electron chi connectivity index (χ4n) is 2.58. The molecule has 0 spiro atoms. The van der Waals surface area contributed by atoms with Crippen LogP contribution in [0.1, 0.15) is 26.7 Å². The van der Waals surface area contributed by atoms with Crippen molar-refractivity contribution < 1.29 is 14.2 Å². The van der Waals surface area contributed by atoms with Crippen LogP contribution in [0.5, 0.6) is 0 Å². The number of hydrogen-bond acceptors (Lipinski definition) is 4. The zero-order chi connectivity index (χ0) is 16.9. The molecule has 1 fully saturated rings. The first-order valence-corrected chi connectivity index (χ1v) is 8.77. The molecule has 1 atom stereocenters. The predicted molar refractivity (Wildman–Crippen MR) is 109 cm³/mol. The second-order valence-corrected chi connectivity index (χ2v) is 6.46. The summed E-state index contributed by atoms with van der Waals surface area (Å²) >= 11 is 0. The lowest BCUT2D eigenvalue weighted by Gasteiger charge is -2.21. The van der Waals surface area contributed by atoms with Gasteiger partial charge in [-0.05, 0) is 18.8 Å². The summed E-state index contributed by atoms with van der Waals surface area (Å²) < 4.78 is 16.2. The van der Waals surface area contributed by atoms with Crippen molar-refractivity contribution in [3.8, 4) is 0 Å². The lowest BCUT2D eigenvalue weighted by atomic mass is 10.1. The number of ether oxygens (including phenoxy) is 3. The molecule has 1 rings (SSSR count). The Morgan fingerprint density at radius 2 is 2.04 bits per heavy atom. The Hall–Kier alpha value is -0.120. The number of hydrogen-bond donors (Lipinski definition) is 1. The summed E-state index contributed by atoms with van der Waals surface area (Å²) in [5.41, 5.74) is 0. The van der Waals surface area contributed by atoms with Gasteiger partial charge < -0.3 is 24.4 Å². The molecule has 1 heterocycles. The van der Waals surface area contributed by atoms with Gasteiger partial charge in [0.05, 0.1) is 19.8 Å². The second-order valence-electron chi connectivity index (χ2n) is 6.46. The van der Waals surface area contributed by atoms with Crippen molar-refractivity contribution in [2.24, 2.45) is 16.8 Å². The highest BCUT2D eigenvalue weighted by molar-refractivity contribution is 14.0. The first-order valence-electron chi connectivity index (χ1n) is 8.77. The van der Waals surface area contributed by atoms with E-state index in [0.29, 0.717) is 25.0 Å².